The zero-order chi connectivity index (χ0) is 28.8. The summed E-state index contributed by atoms with van der Waals surface area (Å²) in [5.41, 5.74) is 4.54. The number of halogens is 1. The first-order valence-corrected chi connectivity index (χ1v) is 14.9. The Kier molecular flexibility index (Phi) is 7.00. The molecule has 4 aromatic rings. The summed E-state index contributed by atoms with van der Waals surface area (Å²) in [4.78, 5) is 28.1. The average molecular weight is 583 g/mol. The molecule has 5 heterocycles. The molecule has 0 spiro atoms. The van der Waals surface area contributed by atoms with Crippen LogP contribution in [0, 0.1) is 23.2 Å². The Labute approximate surface area is 248 Å². The molecule has 3 aliphatic rings. The van der Waals surface area contributed by atoms with Gasteiger partial charge in [0.25, 0.3) is 5.91 Å². The van der Waals surface area contributed by atoms with Crippen molar-refractivity contribution < 1.29 is 9.53 Å². The number of ether oxygens (including phenoxy) is 1. The SMILES string of the molecule is C[C@@H]1CNCCC1n1ncc2c(-c3ccc4c(c3)OCC(=O)N4Cc3ncc(Cl)cn3)c(C#N)c(CC3CCC3)nc21. The Morgan fingerprint density at radius 1 is 1.19 bits per heavy atom. The van der Waals surface area contributed by atoms with Crippen molar-refractivity contribution in [1.82, 2.24) is 30.0 Å². The molecule has 3 aromatic heterocycles. The second-order valence-electron chi connectivity index (χ2n) is 11.6. The van der Waals surface area contributed by atoms with Crippen molar-refractivity contribution in [1.29, 1.82) is 5.26 Å². The lowest BCUT2D eigenvalue weighted by Crippen LogP contribution is -2.38. The van der Waals surface area contributed by atoms with Crippen molar-refractivity contribution in [2.45, 2.75) is 51.6 Å². The van der Waals surface area contributed by atoms with Gasteiger partial charge in [-0.1, -0.05) is 43.9 Å². The van der Waals surface area contributed by atoms with Crippen molar-refractivity contribution in [3.63, 3.8) is 0 Å². The molecule has 42 heavy (non-hydrogen) atoms. The average Bonchev–Trinajstić information content (AvgIpc) is 3.40. The Bertz CT molecular complexity index is 1710. The molecule has 214 valence electrons. The summed E-state index contributed by atoms with van der Waals surface area (Å²) in [5.74, 6) is 1.81. The normalized spacial score (nSPS) is 20.6. The summed E-state index contributed by atoms with van der Waals surface area (Å²) < 4.78 is 8.01. The standard InChI is InChI=1S/C31H31ClN8O2/c1-18-12-34-8-7-25(18)40-31-23(15-37-40)30(22(11-33)24(38-31)9-19-3-2-4-19)20-5-6-26-27(10-20)42-17-29(41)39(26)16-28-35-13-21(32)14-36-28/h5-6,10,13-15,18-19,25,34H,2-4,7-9,12,16-17H2,1H3/t18-,25?/m1/s1. The van der Waals surface area contributed by atoms with E-state index in [9.17, 15) is 10.1 Å². The molecular formula is C31H31ClN8O2. The van der Waals surface area contributed by atoms with Crippen molar-refractivity contribution in [3.8, 4) is 22.9 Å². The van der Waals surface area contributed by atoms with Gasteiger partial charge in [0.1, 0.15) is 17.6 Å². The van der Waals surface area contributed by atoms with E-state index in [2.05, 4.69) is 33.0 Å². The fourth-order valence-electron chi connectivity index (χ4n) is 6.35. The summed E-state index contributed by atoms with van der Waals surface area (Å²) in [6, 6.07) is 8.47. The van der Waals surface area contributed by atoms with Crippen LogP contribution in [0.1, 0.15) is 55.7 Å². The van der Waals surface area contributed by atoms with Gasteiger partial charge >= 0.3 is 0 Å². The number of hydrogen-bond donors (Lipinski definition) is 1. The summed E-state index contributed by atoms with van der Waals surface area (Å²) >= 11 is 5.95. The topological polar surface area (TPSA) is 122 Å². The molecule has 1 aromatic carbocycles. The van der Waals surface area contributed by atoms with Crippen LogP contribution in [0.5, 0.6) is 5.75 Å². The van der Waals surface area contributed by atoms with Crippen molar-refractivity contribution in [2.24, 2.45) is 11.8 Å². The van der Waals surface area contributed by atoms with Gasteiger partial charge in [0, 0.05) is 23.3 Å². The monoisotopic (exact) mass is 582 g/mol. The van der Waals surface area contributed by atoms with Crippen LogP contribution in [0.4, 0.5) is 5.69 Å². The lowest BCUT2D eigenvalue weighted by Gasteiger charge is -2.30. The Morgan fingerprint density at radius 3 is 2.76 bits per heavy atom. The Morgan fingerprint density at radius 2 is 2.02 bits per heavy atom. The van der Waals surface area contributed by atoms with E-state index in [0.29, 0.717) is 39.7 Å². The van der Waals surface area contributed by atoms with Gasteiger partial charge < -0.3 is 10.1 Å². The largest absolute Gasteiger partial charge is 0.482 e. The molecule has 2 fully saturated rings. The van der Waals surface area contributed by atoms with Gasteiger partial charge in [0.05, 0.1) is 40.8 Å². The van der Waals surface area contributed by atoms with Gasteiger partial charge in [-0.05, 0) is 55.5 Å². The quantitative estimate of drug-likeness (QED) is 0.342. The highest BCUT2D eigenvalue weighted by molar-refractivity contribution is 6.30. The molecule has 7 rings (SSSR count). The van der Waals surface area contributed by atoms with Crippen LogP contribution in [0.25, 0.3) is 22.2 Å². The molecule has 10 nitrogen and oxygen atoms in total. The minimum atomic E-state index is -0.182. The number of rotatable bonds is 6. The molecule has 1 aliphatic carbocycles. The van der Waals surface area contributed by atoms with E-state index in [1.54, 1.807) is 4.90 Å². The fourth-order valence-corrected chi connectivity index (χ4v) is 6.44. The van der Waals surface area contributed by atoms with Gasteiger partial charge in [-0.15, -0.1) is 0 Å². The number of anilines is 1. The first-order chi connectivity index (χ1) is 20.5. The lowest BCUT2D eigenvalue weighted by atomic mass is 9.80. The van der Waals surface area contributed by atoms with Crippen molar-refractivity contribution in [3.05, 3.63) is 58.9 Å². The maximum absolute atomic E-state index is 12.9. The zero-order valence-corrected chi connectivity index (χ0v) is 24.1. The van der Waals surface area contributed by atoms with Crippen molar-refractivity contribution in [2.75, 3.05) is 24.6 Å². The maximum Gasteiger partial charge on any atom is 0.265 e. The number of nitrogens with zero attached hydrogens (tertiary/aromatic N) is 7. The van der Waals surface area contributed by atoms with Crippen LogP contribution < -0.4 is 15.0 Å². The van der Waals surface area contributed by atoms with E-state index in [0.717, 1.165) is 53.8 Å². The number of nitrogens with one attached hydrogen (secondary N) is 1. The summed E-state index contributed by atoms with van der Waals surface area (Å²) in [6.07, 6.45) is 10.2. The number of carbonyl (C=O) groups is 1. The fraction of sp³-hybridized carbons (Fsp3) is 0.419. The second-order valence-corrected chi connectivity index (χ2v) is 12.0. The summed E-state index contributed by atoms with van der Waals surface area (Å²) in [6.45, 7) is 4.21. The highest BCUT2D eigenvalue weighted by Crippen LogP contribution is 2.42. The van der Waals surface area contributed by atoms with Crippen molar-refractivity contribution >= 4 is 34.2 Å². The Hall–Kier alpha value is -4.07. The van der Waals surface area contributed by atoms with Crippen LogP contribution in [0.15, 0.2) is 36.8 Å². The first-order valence-electron chi connectivity index (χ1n) is 14.5. The number of hydrogen-bond acceptors (Lipinski definition) is 8. The highest BCUT2D eigenvalue weighted by atomic mass is 35.5. The number of carbonyl (C=O) groups excluding carboxylic acids is 1. The predicted molar refractivity (Wildman–Crippen MR) is 158 cm³/mol. The molecule has 2 atom stereocenters. The van der Waals surface area contributed by atoms with Crippen LogP contribution in [-0.2, 0) is 17.8 Å². The third-order valence-corrected chi connectivity index (χ3v) is 9.05. The molecule has 1 saturated heterocycles. The molecule has 1 saturated carbocycles. The first kappa shape index (κ1) is 26.8. The van der Waals surface area contributed by atoms with Gasteiger partial charge in [-0.25, -0.2) is 19.6 Å². The predicted octanol–water partition coefficient (Wildman–Crippen LogP) is 4.85. The number of piperidine rings is 1. The van der Waals surface area contributed by atoms with Gasteiger partial charge in [-0.2, -0.15) is 10.4 Å². The van der Waals surface area contributed by atoms with Gasteiger partial charge in [0.2, 0.25) is 0 Å². The minimum absolute atomic E-state index is 0.0978. The number of aromatic nitrogens is 5. The number of nitriles is 1. The Balaban J connectivity index is 1.34. The molecule has 1 amide bonds. The number of fused-ring (bicyclic) bond motifs is 2. The molecule has 1 unspecified atom stereocenters. The van der Waals surface area contributed by atoms with Crippen LogP contribution >= 0.6 is 11.6 Å². The molecule has 2 aliphatic heterocycles. The van der Waals surface area contributed by atoms with E-state index in [1.165, 1.54) is 31.7 Å². The highest BCUT2D eigenvalue weighted by Gasteiger charge is 2.31. The number of pyridine rings is 1. The van der Waals surface area contributed by atoms with Gasteiger partial charge in [-0.3, -0.25) is 9.69 Å². The van der Waals surface area contributed by atoms with Crippen LogP contribution in [-0.4, -0.2) is 50.3 Å². The van der Waals surface area contributed by atoms with Crippen LogP contribution in [0.2, 0.25) is 5.02 Å². The van der Waals surface area contributed by atoms with Crippen LogP contribution in [0.3, 0.4) is 0 Å². The number of amides is 1. The maximum atomic E-state index is 12.9. The molecule has 11 heteroatoms. The van der Waals surface area contributed by atoms with E-state index < -0.39 is 0 Å². The minimum Gasteiger partial charge on any atom is -0.482 e. The smallest absolute Gasteiger partial charge is 0.265 e. The van der Waals surface area contributed by atoms with Gasteiger partial charge in [0.15, 0.2) is 12.3 Å². The summed E-state index contributed by atoms with van der Waals surface area (Å²) in [5, 5.41) is 20.1. The van der Waals surface area contributed by atoms with E-state index in [-0.39, 0.29) is 25.1 Å². The van der Waals surface area contributed by atoms with E-state index >= 15 is 0 Å². The van der Waals surface area contributed by atoms with E-state index in [1.807, 2.05) is 24.4 Å². The third-order valence-electron chi connectivity index (χ3n) is 8.86. The molecular weight excluding hydrogens is 552 g/mol. The lowest BCUT2D eigenvalue weighted by molar-refractivity contribution is -0.121. The molecule has 1 N–H and O–H groups in total. The molecule has 0 radical (unpaired) electrons. The molecule has 0 bridgehead atoms. The zero-order valence-electron chi connectivity index (χ0n) is 23.4. The number of benzene rings is 1. The third kappa shape index (κ3) is 4.76. The second kappa shape index (κ2) is 11.0. The summed E-state index contributed by atoms with van der Waals surface area (Å²) in [7, 11) is 0. The van der Waals surface area contributed by atoms with E-state index in [4.69, 9.17) is 26.4 Å².